The molecule has 6 nitrogen and oxygen atoms in total. The van der Waals surface area contributed by atoms with Crippen molar-refractivity contribution in [2.24, 2.45) is 0 Å². The summed E-state index contributed by atoms with van der Waals surface area (Å²) in [6, 6.07) is 0. The van der Waals surface area contributed by atoms with Crippen molar-refractivity contribution in [3.63, 3.8) is 0 Å². The molecule has 0 fully saturated rings. The van der Waals surface area contributed by atoms with Gasteiger partial charge in [0.15, 0.2) is 5.13 Å². The van der Waals surface area contributed by atoms with Crippen LogP contribution >= 0.6 is 11.3 Å². The van der Waals surface area contributed by atoms with Crippen LogP contribution in [0.2, 0.25) is 0 Å². The van der Waals surface area contributed by atoms with Gasteiger partial charge in [0.1, 0.15) is 5.76 Å². The lowest BCUT2D eigenvalue weighted by atomic mass is 10.2. The van der Waals surface area contributed by atoms with Crippen molar-refractivity contribution < 1.29 is 9.32 Å². The van der Waals surface area contributed by atoms with Crippen LogP contribution in [0.4, 0.5) is 5.13 Å². The van der Waals surface area contributed by atoms with Crippen molar-refractivity contribution in [2.75, 3.05) is 18.4 Å². The third-order valence-corrected chi connectivity index (χ3v) is 4.20. The molecule has 0 bridgehead atoms. The van der Waals surface area contributed by atoms with E-state index in [0.717, 1.165) is 43.1 Å². The van der Waals surface area contributed by atoms with Gasteiger partial charge in [-0.3, -0.25) is 9.69 Å². The van der Waals surface area contributed by atoms with Gasteiger partial charge in [-0.05, 0) is 6.42 Å². The van der Waals surface area contributed by atoms with Crippen LogP contribution in [-0.4, -0.2) is 34.0 Å². The first-order valence-corrected chi connectivity index (χ1v) is 7.39. The lowest BCUT2D eigenvalue weighted by Crippen LogP contribution is -2.25. The zero-order valence-corrected chi connectivity index (χ0v) is 12.1. The van der Waals surface area contributed by atoms with Crippen LogP contribution < -0.4 is 5.32 Å². The molecule has 0 atom stereocenters. The molecule has 1 N–H and O–H groups in total. The molecule has 0 aromatic carbocycles. The standard InChI is InChI=1S/C13H16N4O2S/c1-9(18)16-13-14-7-11(20-13)8-17-4-2-10-6-15-19-12(10)3-5-17/h6-7H,2-5,8H2,1H3,(H,14,16,18). The molecule has 1 aliphatic heterocycles. The van der Waals surface area contributed by atoms with Gasteiger partial charge < -0.3 is 9.84 Å². The molecule has 0 unspecified atom stereocenters. The quantitative estimate of drug-likeness (QED) is 0.932. The first kappa shape index (κ1) is 13.3. The number of hydrogen-bond acceptors (Lipinski definition) is 6. The first-order valence-electron chi connectivity index (χ1n) is 6.58. The summed E-state index contributed by atoms with van der Waals surface area (Å²) in [6.45, 7) is 4.29. The number of carbonyl (C=O) groups is 1. The van der Waals surface area contributed by atoms with Gasteiger partial charge in [-0.15, -0.1) is 11.3 Å². The second kappa shape index (κ2) is 5.72. The van der Waals surface area contributed by atoms with Gasteiger partial charge in [0.05, 0.1) is 6.20 Å². The molecule has 2 aromatic heterocycles. The minimum atomic E-state index is -0.0854. The fourth-order valence-corrected chi connectivity index (χ4v) is 3.21. The van der Waals surface area contributed by atoms with E-state index in [0.29, 0.717) is 5.13 Å². The summed E-state index contributed by atoms with van der Waals surface area (Å²) in [6.07, 6.45) is 5.52. The fourth-order valence-electron chi connectivity index (χ4n) is 2.31. The van der Waals surface area contributed by atoms with Crippen molar-refractivity contribution in [3.05, 3.63) is 28.6 Å². The number of thiazole rings is 1. The van der Waals surface area contributed by atoms with Crippen molar-refractivity contribution in [1.82, 2.24) is 15.0 Å². The fraction of sp³-hybridized carbons (Fsp3) is 0.462. The Kier molecular flexibility index (Phi) is 3.79. The Morgan fingerprint density at radius 1 is 1.45 bits per heavy atom. The third-order valence-electron chi connectivity index (χ3n) is 3.30. The lowest BCUT2D eigenvalue weighted by molar-refractivity contribution is -0.114. The third kappa shape index (κ3) is 3.05. The van der Waals surface area contributed by atoms with E-state index in [4.69, 9.17) is 4.52 Å². The lowest BCUT2D eigenvalue weighted by Gasteiger charge is -2.18. The van der Waals surface area contributed by atoms with E-state index in [1.54, 1.807) is 0 Å². The van der Waals surface area contributed by atoms with E-state index in [-0.39, 0.29) is 5.91 Å². The zero-order chi connectivity index (χ0) is 13.9. The average Bonchev–Trinajstić information content (AvgIpc) is 2.98. The number of amides is 1. The van der Waals surface area contributed by atoms with E-state index in [9.17, 15) is 4.79 Å². The van der Waals surface area contributed by atoms with E-state index >= 15 is 0 Å². The molecule has 0 radical (unpaired) electrons. The summed E-state index contributed by atoms with van der Waals surface area (Å²) in [5.41, 5.74) is 1.22. The van der Waals surface area contributed by atoms with E-state index in [2.05, 4.69) is 20.4 Å². The van der Waals surface area contributed by atoms with Crippen LogP contribution in [0.1, 0.15) is 23.1 Å². The Labute approximate surface area is 120 Å². The second-order valence-electron chi connectivity index (χ2n) is 4.86. The van der Waals surface area contributed by atoms with Gasteiger partial charge in [-0.2, -0.15) is 0 Å². The Bertz CT molecular complexity index is 585. The topological polar surface area (TPSA) is 71.3 Å². The van der Waals surface area contributed by atoms with Gasteiger partial charge in [0.25, 0.3) is 0 Å². The molecule has 3 rings (SSSR count). The van der Waals surface area contributed by atoms with E-state index < -0.39 is 0 Å². The van der Waals surface area contributed by atoms with Crippen LogP contribution in [0.3, 0.4) is 0 Å². The highest BCUT2D eigenvalue weighted by Gasteiger charge is 2.18. The van der Waals surface area contributed by atoms with Crippen molar-refractivity contribution in [1.29, 1.82) is 0 Å². The number of hydrogen-bond donors (Lipinski definition) is 1. The van der Waals surface area contributed by atoms with Crippen LogP contribution in [-0.2, 0) is 24.2 Å². The molecule has 0 aliphatic carbocycles. The van der Waals surface area contributed by atoms with Crippen LogP contribution in [0.15, 0.2) is 16.9 Å². The molecule has 1 aliphatic rings. The number of aromatic nitrogens is 2. The van der Waals surface area contributed by atoms with Gasteiger partial charge in [-0.25, -0.2) is 4.98 Å². The molecule has 0 saturated heterocycles. The maximum Gasteiger partial charge on any atom is 0.223 e. The Morgan fingerprint density at radius 2 is 2.30 bits per heavy atom. The van der Waals surface area contributed by atoms with Crippen LogP contribution in [0.5, 0.6) is 0 Å². The summed E-state index contributed by atoms with van der Waals surface area (Å²) in [5, 5.41) is 7.22. The number of anilines is 1. The predicted molar refractivity (Wildman–Crippen MR) is 75.6 cm³/mol. The number of nitrogens with zero attached hydrogens (tertiary/aromatic N) is 3. The SMILES string of the molecule is CC(=O)Nc1ncc(CN2CCc3cnoc3CC2)s1. The van der Waals surface area contributed by atoms with Crippen molar-refractivity contribution >= 4 is 22.4 Å². The average molecular weight is 292 g/mol. The molecule has 0 spiro atoms. The van der Waals surface area contributed by atoms with E-state index in [1.807, 2.05) is 12.4 Å². The first-order chi connectivity index (χ1) is 9.70. The number of fused-ring (bicyclic) bond motifs is 1. The largest absolute Gasteiger partial charge is 0.361 e. The molecular weight excluding hydrogens is 276 g/mol. The molecule has 1 amide bonds. The summed E-state index contributed by atoms with van der Waals surface area (Å²) >= 11 is 1.53. The highest BCUT2D eigenvalue weighted by Crippen LogP contribution is 2.21. The molecular formula is C13H16N4O2S. The van der Waals surface area contributed by atoms with Gasteiger partial charge >= 0.3 is 0 Å². The van der Waals surface area contributed by atoms with Crippen molar-refractivity contribution in [2.45, 2.75) is 26.3 Å². The molecule has 106 valence electrons. The molecule has 3 heterocycles. The van der Waals surface area contributed by atoms with E-state index in [1.165, 1.54) is 23.8 Å². The number of nitrogens with one attached hydrogen (secondary N) is 1. The maximum absolute atomic E-state index is 11.0. The zero-order valence-electron chi connectivity index (χ0n) is 11.3. The normalized spacial score (nSPS) is 15.7. The highest BCUT2D eigenvalue weighted by molar-refractivity contribution is 7.15. The Balaban J connectivity index is 1.60. The summed E-state index contributed by atoms with van der Waals surface area (Å²) in [4.78, 5) is 18.7. The highest BCUT2D eigenvalue weighted by atomic mass is 32.1. The van der Waals surface area contributed by atoms with Gasteiger partial charge in [-0.1, -0.05) is 5.16 Å². The summed E-state index contributed by atoms with van der Waals surface area (Å²) in [7, 11) is 0. The van der Waals surface area contributed by atoms with Crippen LogP contribution in [0.25, 0.3) is 0 Å². The van der Waals surface area contributed by atoms with Crippen LogP contribution in [0, 0.1) is 0 Å². The number of rotatable bonds is 3. The summed E-state index contributed by atoms with van der Waals surface area (Å²) in [5.74, 6) is 0.925. The minimum Gasteiger partial charge on any atom is -0.361 e. The Morgan fingerprint density at radius 3 is 3.15 bits per heavy atom. The molecule has 2 aromatic rings. The second-order valence-corrected chi connectivity index (χ2v) is 5.98. The molecule has 7 heteroatoms. The Hall–Kier alpha value is -1.73. The monoisotopic (exact) mass is 292 g/mol. The van der Waals surface area contributed by atoms with Crippen molar-refractivity contribution in [3.8, 4) is 0 Å². The van der Waals surface area contributed by atoms with Gasteiger partial charge in [0, 0.05) is 49.6 Å². The van der Waals surface area contributed by atoms with Gasteiger partial charge in [0.2, 0.25) is 5.91 Å². The predicted octanol–water partition coefficient (Wildman–Crippen LogP) is 1.69. The summed E-state index contributed by atoms with van der Waals surface area (Å²) < 4.78 is 5.25. The molecule has 0 saturated carbocycles. The number of carbonyl (C=O) groups excluding carboxylic acids is 1. The molecule has 20 heavy (non-hydrogen) atoms. The maximum atomic E-state index is 11.0. The smallest absolute Gasteiger partial charge is 0.223 e. The minimum absolute atomic E-state index is 0.0854.